The number of benzene rings is 2. The number of hydrogen-bond acceptors (Lipinski definition) is 4. The minimum atomic E-state index is -0.174. The van der Waals surface area contributed by atoms with Gasteiger partial charge in [0, 0.05) is 54.1 Å². The summed E-state index contributed by atoms with van der Waals surface area (Å²) in [5, 5.41) is 7.04. The van der Waals surface area contributed by atoms with E-state index in [-0.39, 0.29) is 35.9 Å². The number of aliphatic imine (C=N–C) groups is 1. The molecule has 1 saturated carbocycles. The van der Waals surface area contributed by atoms with Crippen LogP contribution in [0.25, 0.3) is 0 Å². The van der Waals surface area contributed by atoms with E-state index in [4.69, 9.17) is 0 Å². The maximum atomic E-state index is 14.2. The van der Waals surface area contributed by atoms with Gasteiger partial charge in [-0.15, -0.1) is 0 Å². The Labute approximate surface area is 212 Å². The second kappa shape index (κ2) is 9.92. The Balaban J connectivity index is 1.26. The predicted octanol–water partition coefficient (Wildman–Crippen LogP) is 4.96. The Hall–Kier alpha value is -3.41. The summed E-state index contributed by atoms with van der Waals surface area (Å²) < 4.78 is 0. The highest BCUT2D eigenvalue weighted by atomic mass is 16.2. The lowest BCUT2D eigenvalue weighted by Crippen LogP contribution is -2.51. The molecule has 4 aliphatic rings. The van der Waals surface area contributed by atoms with Gasteiger partial charge in [-0.25, -0.2) is 0 Å². The lowest BCUT2D eigenvalue weighted by Gasteiger charge is -2.43. The zero-order chi connectivity index (χ0) is 24.5. The van der Waals surface area contributed by atoms with Crippen LogP contribution in [0.15, 0.2) is 71.9 Å². The monoisotopic (exact) mass is 482 g/mol. The highest BCUT2D eigenvalue weighted by Crippen LogP contribution is 2.49. The molecule has 3 aliphatic heterocycles. The van der Waals surface area contributed by atoms with E-state index in [1.807, 2.05) is 42.7 Å². The minimum Gasteiger partial charge on any atom is -0.381 e. The van der Waals surface area contributed by atoms with E-state index in [9.17, 15) is 9.59 Å². The molecule has 6 heteroatoms. The molecule has 2 aromatic rings. The summed E-state index contributed by atoms with van der Waals surface area (Å²) in [7, 11) is 0. The number of rotatable bonds is 4. The second-order valence-corrected chi connectivity index (χ2v) is 10.6. The molecule has 6 rings (SSSR count). The lowest BCUT2D eigenvalue weighted by atomic mass is 9.76. The molecule has 0 spiro atoms. The van der Waals surface area contributed by atoms with Gasteiger partial charge in [-0.1, -0.05) is 55.3 Å². The summed E-state index contributed by atoms with van der Waals surface area (Å²) in [4.78, 5) is 33.6. The molecule has 2 aromatic carbocycles. The van der Waals surface area contributed by atoms with Crippen molar-refractivity contribution in [3.8, 4) is 0 Å². The van der Waals surface area contributed by atoms with Gasteiger partial charge < -0.3 is 15.5 Å². The number of hydrogen-bond donors (Lipinski definition) is 2. The number of carbonyl (C=O) groups excluding carboxylic acids is 2. The fourth-order valence-electron chi connectivity index (χ4n) is 6.84. The van der Waals surface area contributed by atoms with E-state index < -0.39 is 0 Å². The van der Waals surface area contributed by atoms with Crippen molar-refractivity contribution in [1.29, 1.82) is 0 Å². The molecule has 0 aromatic heterocycles. The maximum absolute atomic E-state index is 14.2. The molecule has 2 fully saturated rings. The molecule has 2 N–H and O–H groups in total. The van der Waals surface area contributed by atoms with Crippen LogP contribution >= 0.6 is 0 Å². The number of nitrogens with zero attached hydrogens (tertiary/aromatic N) is 2. The number of likely N-dealkylation sites (tertiary alicyclic amines) is 1. The van der Waals surface area contributed by atoms with Crippen LogP contribution in [0.2, 0.25) is 0 Å². The molecule has 0 bridgehead atoms. The predicted molar refractivity (Wildman–Crippen MR) is 142 cm³/mol. The van der Waals surface area contributed by atoms with Gasteiger partial charge in [0.15, 0.2) is 0 Å². The molecular weight excluding hydrogens is 448 g/mol. The van der Waals surface area contributed by atoms with Crippen molar-refractivity contribution >= 4 is 23.7 Å². The topological polar surface area (TPSA) is 73.8 Å². The first-order valence-electron chi connectivity index (χ1n) is 13.4. The summed E-state index contributed by atoms with van der Waals surface area (Å²) in [6.07, 6.45) is 11.8. The van der Waals surface area contributed by atoms with E-state index >= 15 is 0 Å². The Morgan fingerprint density at radius 1 is 0.972 bits per heavy atom. The van der Waals surface area contributed by atoms with Crippen LogP contribution in [-0.4, -0.2) is 41.6 Å². The van der Waals surface area contributed by atoms with Gasteiger partial charge in [-0.2, -0.15) is 0 Å². The molecule has 1 saturated heterocycles. The quantitative estimate of drug-likeness (QED) is 0.647. The summed E-state index contributed by atoms with van der Waals surface area (Å²) in [5.74, 6) is 0.665. The SMILES string of the molecule is O=C(N[C@@H]1CCCC[C@@H]1C(=O)N1CC[C@@H]2[C@H](C3C=CN=CC3)Nc3ccccc3[C@@H]21)c1ccccc1. The Morgan fingerprint density at radius 2 is 1.78 bits per heavy atom. The first kappa shape index (κ1) is 23.0. The second-order valence-electron chi connectivity index (χ2n) is 10.6. The molecule has 36 heavy (non-hydrogen) atoms. The number of amides is 2. The van der Waals surface area contributed by atoms with Gasteiger partial charge in [0.25, 0.3) is 5.91 Å². The van der Waals surface area contributed by atoms with Crippen LogP contribution in [-0.2, 0) is 4.79 Å². The molecule has 2 amide bonds. The van der Waals surface area contributed by atoms with E-state index in [2.05, 4.69) is 50.9 Å². The Morgan fingerprint density at radius 3 is 2.61 bits per heavy atom. The van der Waals surface area contributed by atoms with E-state index in [1.165, 1.54) is 5.56 Å². The molecule has 1 aliphatic carbocycles. The van der Waals surface area contributed by atoms with Crippen molar-refractivity contribution in [1.82, 2.24) is 10.2 Å². The average Bonchev–Trinajstić information content (AvgIpc) is 3.39. The Kier molecular flexibility index (Phi) is 6.34. The van der Waals surface area contributed by atoms with E-state index in [0.29, 0.717) is 17.4 Å². The summed E-state index contributed by atoms with van der Waals surface area (Å²) in [6.45, 7) is 0.765. The van der Waals surface area contributed by atoms with Crippen LogP contribution < -0.4 is 10.6 Å². The van der Waals surface area contributed by atoms with Crippen molar-refractivity contribution < 1.29 is 9.59 Å². The smallest absolute Gasteiger partial charge is 0.251 e. The largest absolute Gasteiger partial charge is 0.381 e. The highest BCUT2D eigenvalue weighted by Gasteiger charge is 2.49. The highest BCUT2D eigenvalue weighted by molar-refractivity contribution is 5.95. The first-order chi connectivity index (χ1) is 17.7. The number of fused-ring (bicyclic) bond motifs is 3. The normalized spacial score (nSPS) is 30.7. The van der Waals surface area contributed by atoms with Crippen LogP contribution in [0.5, 0.6) is 0 Å². The van der Waals surface area contributed by atoms with Gasteiger partial charge in [-0.3, -0.25) is 14.6 Å². The minimum absolute atomic E-state index is 0.0691. The fourth-order valence-corrected chi connectivity index (χ4v) is 6.84. The lowest BCUT2D eigenvalue weighted by molar-refractivity contribution is -0.139. The van der Waals surface area contributed by atoms with Gasteiger partial charge >= 0.3 is 0 Å². The third kappa shape index (κ3) is 4.23. The number of anilines is 1. The molecule has 6 atom stereocenters. The van der Waals surface area contributed by atoms with Crippen LogP contribution in [0.1, 0.15) is 60.5 Å². The summed E-state index contributed by atoms with van der Waals surface area (Å²) in [6, 6.07) is 18.0. The zero-order valence-corrected chi connectivity index (χ0v) is 20.6. The van der Waals surface area contributed by atoms with Gasteiger partial charge in [0.2, 0.25) is 5.91 Å². The van der Waals surface area contributed by atoms with Crippen LogP contribution in [0, 0.1) is 17.8 Å². The standard InChI is InChI=1S/C30H34N4O2/c35-29(21-8-2-1-3-9-21)33-26-13-7-5-11-23(26)30(36)34-19-16-24-27(20-14-17-31-18-15-20)32-25-12-6-4-10-22(25)28(24)34/h1-4,6,8-10,12,14,17-18,20,23-24,26-28,32H,5,7,11,13,15-16,19H2,(H,33,35)/t20?,23-,24+,26+,27-,28-/m0/s1. The zero-order valence-electron chi connectivity index (χ0n) is 20.6. The summed E-state index contributed by atoms with van der Waals surface area (Å²) >= 11 is 0. The molecule has 6 nitrogen and oxygen atoms in total. The number of carbonyl (C=O) groups is 2. The molecule has 1 unspecified atom stereocenters. The molecule has 186 valence electrons. The van der Waals surface area contributed by atoms with Crippen molar-refractivity contribution in [3.63, 3.8) is 0 Å². The average molecular weight is 483 g/mol. The maximum Gasteiger partial charge on any atom is 0.251 e. The van der Waals surface area contributed by atoms with Gasteiger partial charge in [-0.05, 0) is 49.4 Å². The van der Waals surface area contributed by atoms with Gasteiger partial charge in [0.1, 0.15) is 0 Å². The molecule has 3 heterocycles. The number of para-hydroxylation sites is 1. The fraction of sp³-hybridized carbons (Fsp3) is 0.433. The third-order valence-electron chi connectivity index (χ3n) is 8.59. The van der Waals surface area contributed by atoms with Crippen LogP contribution in [0.3, 0.4) is 0 Å². The molecular formula is C30H34N4O2. The van der Waals surface area contributed by atoms with Crippen molar-refractivity contribution in [2.45, 2.75) is 56.7 Å². The first-order valence-corrected chi connectivity index (χ1v) is 13.4. The van der Waals surface area contributed by atoms with Crippen molar-refractivity contribution in [2.75, 3.05) is 11.9 Å². The van der Waals surface area contributed by atoms with E-state index in [0.717, 1.165) is 50.8 Å². The number of nitrogens with one attached hydrogen (secondary N) is 2. The summed E-state index contributed by atoms with van der Waals surface area (Å²) in [5.41, 5.74) is 3.00. The van der Waals surface area contributed by atoms with Crippen molar-refractivity contribution in [2.24, 2.45) is 22.7 Å². The Bertz CT molecular complexity index is 1180. The van der Waals surface area contributed by atoms with Gasteiger partial charge in [0.05, 0.1) is 12.0 Å². The van der Waals surface area contributed by atoms with Crippen LogP contribution in [0.4, 0.5) is 5.69 Å². The van der Waals surface area contributed by atoms with Crippen molar-refractivity contribution in [3.05, 3.63) is 78.0 Å². The van der Waals surface area contributed by atoms with E-state index in [1.54, 1.807) is 0 Å². The molecule has 0 radical (unpaired) electrons. The third-order valence-corrected chi connectivity index (χ3v) is 8.59.